The van der Waals surface area contributed by atoms with Crippen molar-refractivity contribution in [3.63, 3.8) is 0 Å². The molecule has 19 aromatic carbocycles. The highest BCUT2D eigenvalue weighted by atomic mass is 79.9. The number of nitrogens with zero attached hydrogens (tertiary/aromatic N) is 2. The van der Waals surface area contributed by atoms with Crippen molar-refractivity contribution >= 4 is 115 Å². The van der Waals surface area contributed by atoms with Crippen molar-refractivity contribution in [2.45, 2.75) is 49.7 Å². The zero-order valence-corrected chi connectivity index (χ0v) is 74.1. The highest BCUT2D eigenvalue weighted by molar-refractivity contribution is 9.10. The van der Waals surface area contributed by atoms with E-state index in [9.17, 15) is 0 Å². The highest BCUT2D eigenvalue weighted by Gasteiger charge is 2.53. The van der Waals surface area contributed by atoms with Gasteiger partial charge >= 0.3 is 7.12 Å². The van der Waals surface area contributed by atoms with Gasteiger partial charge in [-0.15, -0.1) is 0 Å². The summed E-state index contributed by atoms with van der Waals surface area (Å²) in [5.41, 5.74) is 34.0. The molecule has 2 aliphatic carbocycles. The normalized spacial score (nSPS) is 13.8. The zero-order chi connectivity index (χ0) is 87.5. The average molecular weight is 1750 g/mol. The Morgan fingerprint density at radius 2 is 0.481 bits per heavy atom. The van der Waals surface area contributed by atoms with Gasteiger partial charge in [-0.25, -0.2) is 0 Å². The monoisotopic (exact) mass is 1750 g/mol. The lowest BCUT2D eigenvalue weighted by Gasteiger charge is -2.33. The summed E-state index contributed by atoms with van der Waals surface area (Å²) >= 11 is 3.56. The van der Waals surface area contributed by atoms with Crippen molar-refractivity contribution in [2.75, 3.05) is 9.80 Å². The number of benzene rings is 19. The number of hydrogen-bond acceptors (Lipinski definition) is 6. The second-order valence-electron chi connectivity index (χ2n) is 34.9. The fourth-order valence-electron chi connectivity index (χ4n) is 19.9. The number of rotatable bonds is 15. The highest BCUT2D eigenvalue weighted by Crippen LogP contribution is 2.60. The second-order valence-corrected chi connectivity index (χ2v) is 35.8. The largest absolute Gasteiger partial charge is 0.494 e. The second kappa shape index (κ2) is 34.5. The Hall–Kier alpha value is -15.1. The third-order valence-electron chi connectivity index (χ3n) is 26.9. The molecule has 0 unspecified atom stereocenters. The number of fused-ring (bicyclic) bond motifs is 12. The van der Waals surface area contributed by atoms with Gasteiger partial charge in [0.25, 0.3) is 0 Å². The van der Waals surface area contributed by atoms with E-state index in [0.717, 1.165) is 87.9 Å². The van der Waals surface area contributed by atoms with E-state index in [1.807, 2.05) is 12.1 Å². The maximum atomic E-state index is 6.93. The van der Waals surface area contributed by atoms with Gasteiger partial charge < -0.3 is 27.9 Å². The molecule has 1 aliphatic heterocycles. The van der Waals surface area contributed by atoms with Crippen LogP contribution in [-0.4, -0.2) is 26.7 Å². The average Bonchev–Trinajstić information content (AvgIpc) is 1.54. The standard InChI is InChI=1S/C55H37NO.C37H31BO3.C30H22BrN.BH4/c1-5-15-38(16-6-1)40-25-29-44(30-26-40)56(45-31-27-41(28-32-45)39-17-7-2-8-18-39)46-33-34-48-50-36-49-47-23-13-14-24-51(47)55(42-19-9-3-10-20-42,43-21-11-4-12-22-43)52(49)37-54(50)57-53(48)35-46;1-35(2)36(3,4)41-38(40-35)26-19-20-28-30-22-29-27-17-11-12-18-31(27)37(24-13-7-5-8-14-24,25-15-9-6-10-16-25)32(29)23-34(30)39-33(28)21-26;31-27-15-21-30(22-16-27)32(28-17-11-25(12-18-28)23-7-3-1-4-8-23)29-19-13-26(14-20-29)24-9-5-2-6-10-24;/h1-37H;5-23H,1-4H3;1-22H;1H4/q;;;-1. The minimum atomic E-state index is -0.485. The molecule has 1 saturated heterocycles. The molecule has 0 amide bonds. The van der Waals surface area contributed by atoms with Gasteiger partial charge in [0.2, 0.25) is 0 Å². The van der Waals surface area contributed by atoms with Crippen LogP contribution in [0.15, 0.2) is 486 Å². The van der Waals surface area contributed by atoms with E-state index in [4.69, 9.17) is 18.1 Å². The Labute approximate surface area is 775 Å². The molecule has 0 spiro atoms. The van der Waals surface area contributed by atoms with Crippen LogP contribution in [0, 0.1) is 0 Å². The van der Waals surface area contributed by atoms with Gasteiger partial charge in [-0.05, 0) is 260 Å². The van der Waals surface area contributed by atoms with Crippen molar-refractivity contribution in [3.8, 4) is 66.8 Å². The van der Waals surface area contributed by atoms with Gasteiger partial charge in [0.05, 0.1) is 22.0 Å². The maximum absolute atomic E-state index is 6.93. The van der Waals surface area contributed by atoms with E-state index < -0.39 is 29.2 Å². The van der Waals surface area contributed by atoms with E-state index in [-0.39, 0.29) is 8.41 Å². The van der Waals surface area contributed by atoms with Crippen molar-refractivity contribution in [2.24, 2.45) is 0 Å². The quantitative estimate of drug-likeness (QED) is 0.0954. The molecule has 3 heterocycles. The van der Waals surface area contributed by atoms with E-state index in [1.165, 1.54) is 111 Å². The summed E-state index contributed by atoms with van der Waals surface area (Å²) in [5, 5.41) is 4.43. The fourth-order valence-corrected chi connectivity index (χ4v) is 20.2. The maximum Gasteiger partial charge on any atom is 0.494 e. The SMILES string of the molecule is Brc1ccc(N(c2ccc(-c3ccccc3)cc2)c2ccc(-c3ccccc3)cc2)cc1.CC1(C)OB(c2ccc3c(c2)oc2cc4c(cc23)-c2ccccc2C4(c2ccccc2)c2ccccc2)OC1(C)C.[BH4-].c1ccc(-c2ccc(N(c3ccc(-c4ccccc4)cc3)c3ccc4c(c3)oc3cc5c(cc34)-c3ccccc3C5(c3ccccc3)c3ccccc3)cc2)cc1. The summed E-state index contributed by atoms with van der Waals surface area (Å²) in [6.07, 6.45) is 0. The Balaban J connectivity index is 0.000000124. The van der Waals surface area contributed by atoms with Gasteiger partial charge in [0, 0.05) is 66.2 Å². The molecule has 0 N–H and O–H groups in total. The van der Waals surface area contributed by atoms with E-state index in [2.05, 4.69) is 514 Å². The molecule has 0 atom stereocenters. The number of hydrogen-bond donors (Lipinski definition) is 0. The van der Waals surface area contributed by atoms with E-state index >= 15 is 0 Å². The lowest BCUT2D eigenvalue weighted by molar-refractivity contribution is 0.00578. The van der Waals surface area contributed by atoms with Crippen LogP contribution in [0.3, 0.4) is 0 Å². The summed E-state index contributed by atoms with van der Waals surface area (Å²) in [6, 6.07) is 169. The molecule has 0 radical (unpaired) electrons. The molecule has 0 saturated carbocycles. The molecule has 2 aromatic heterocycles. The van der Waals surface area contributed by atoms with Crippen LogP contribution in [0.5, 0.6) is 0 Å². The first-order valence-electron chi connectivity index (χ1n) is 44.6. The minimum Gasteiger partial charge on any atom is -0.456 e. The zero-order valence-electron chi connectivity index (χ0n) is 72.5. The summed E-state index contributed by atoms with van der Waals surface area (Å²) in [5.74, 6) is 0. The first-order chi connectivity index (χ1) is 63.8. The van der Waals surface area contributed by atoms with Crippen LogP contribution in [0.4, 0.5) is 34.1 Å². The summed E-state index contributed by atoms with van der Waals surface area (Å²) in [7, 11) is -0.432. The molecule has 24 rings (SSSR count). The Morgan fingerprint density at radius 3 is 0.817 bits per heavy atom. The van der Waals surface area contributed by atoms with Crippen LogP contribution in [0.2, 0.25) is 0 Å². The molecule has 6 nitrogen and oxygen atoms in total. The van der Waals surface area contributed by atoms with Crippen LogP contribution in [0.1, 0.15) is 72.2 Å². The lowest BCUT2D eigenvalue weighted by Crippen LogP contribution is -2.41. The lowest BCUT2D eigenvalue weighted by atomic mass is 9.67. The van der Waals surface area contributed by atoms with Crippen LogP contribution >= 0.6 is 15.9 Å². The van der Waals surface area contributed by atoms with Gasteiger partial charge in [-0.2, -0.15) is 0 Å². The summed E-state index contributed by atoms with van der Waals surface area (Å²) in [4.78, 5) is 4.61. The first-order valence-corrected chi connectivity index (χ1v) is 45.4. The molecule has 9 heteroatoms. The predicted octanol–water partition coefficient (Wildman–Crippen LogP) is 30.8. The Morgan fingerprint density at radius 1 is 0.221 bits per heavy atom. The topological polar surface area (TPSA) is 51.2 Å². The molecule has 1 fully saturated rings. The van der Waals surface area contributed by atoms with E-state index in [1.54, 1.807) is 0 Å². The third-order valence-corrected chi connectivity index (χ3v) is 27.4. The van der Waals surface area contributed by atoms with Crippen LogP contribution < -0.4 is 15.3 Å². The van der Waals surface area contributed by atoms with Crippen LogP contribution in [0.25, 0.3) is 111 Å². The number of halogens is 1. The van der Waals surface area contributed by atoms with Gasteiger partial charge in [-0.1, -0.05) is 376 Å². The molecule has 0 bridgehead atoms. The number of furan rings is 2. The third kappa shape index (κ3) is 14.9. The smallest absolute Gasteiger partial charge is 0.456 e. The Kier molecular flexibility index (Phi) is 21.8. The minimum absolute atomic E-state index is 0. The Bertz CT molecular complexity index is 7420. The predicted molar refractivity (Wildman–Crippen MR) is 554 cm³/mol. The fraction of sp³-hybridized carbons (Fsp3) is 0.0656. The van der Waals surface area contributed by atoms with Gasteiger partial charge in [-0.3, -0.25) is 0 Å². The molecule has 131 heavy (non-hydrogen) atoms. The summed E-state index contributed by atoms with van der Waals surface area (Å²) < 4.78 is 27.3. The van der Waals surface area contributed by atoms with Gasteiger partial charge in [0.1, 0.15) is 22.3 Å². The molecule has 21 aromatic rings. The van der Waals surface area contributed by atoms with Gasteiger partial charge in [0.15, 0.2) is 0 Å². The molecular weight excluding hydrogens is 1660 g/mol. The molecule has 3 aliphatic rings. The van der Waals surface area contributed by atoms with Crippen molar-refractivity contribution in [1.82, 2.24) is 0 Å². The van der Waals surface area contributed by atoms with Crippen molar-refractivity contribution in [1.29, 1.82) is 0 Å². The number of anilines is 6. The van der Waals surface area contributed by atoms with E-state index in [0.29, 0.717) is 0 Å². The van der Waals surface area contributed by atoms with Crippen LogP contribution in [-0.2, 0) is 20.1 Å². The van der Waals surface area contributed by atoms with Crippen molar-refractivity contribution in [3.05, 3.63) is 522 Å². The van der Waals surface area contributed by atoms with Crippen molar-refractivity contribution < 1.29 is 18.1 Å². The molecule has 630 valence electrons. The molecular formula is C122H94B2BrN2O4-. The summed E-state index contributed by atoms with van der Waals surface area (Å²) in [6.45, 7) is 8.32. The first kappa shape index (κ1) is 82.9.